The van der Waals surface area contributed by atoms with Gasteiger partial charge in [0.1, 0.15) is 10.7 Å². The molecule has 0 aromatic heterocycles. The van der Waals surface area contributed by atoms with Crippen LogP contribution in [0.25, 0.3) is 0 Å². The molecule has 1 rings (SSSR count). The van der Waals surface area contributed by atoms with Crippen molar-refractivity contribution in [3.63, 3.8) is 0 Å². The van der Waals surface area contributed by atoms with E-state index >= 15 is 0 Å². The molecule has 0 atom stereocenters. The molecule has 0 radical (unpaired) electrons. The van der Waals surface area contributed by atoms with Gasteiger partial charge in [-0.1, -0.05) is 24.4 Å². The fourth-order valence-corrected chi connectivity index (χ4v) is 1.57. The Kier molecular flexibility index (Phi) is 6.24. The highest BCUT2D eigenvalue weighted by Gasteiger charge is 2.11. The first-order valence-corrected chi connectivity index (χ1v) is 6.21. The predicted octanol–water partition coefficient (Wildman–Crippen LogP) is 0.804. The minimum atomic E-state index is -0.130. The number of amides is 1. The number of thiocarbonyl (C=S) groups is 1. The lowest BCUT2D eigenvalue weighted by molar-refractivity contribution is -0.132. The monoisotopic (exact) mass is 282 g/mol. The van der Waals surface area contributed by atoms with E-state index in [4.69, 9.17) is 27.4 Å². The third kappa shape index (κ3) is 4.84. The molecule has 0 saturated heterocycles. The van der Waals surface area contributed by atoms with Crippen molar-refractivity contribution >= 4 is 23.1 Å². The van der Waals surface area contributed by atoms with Crippen molar-refractivity contribution in [3.05, 3.63) is 29.8 Å². The van der Waals surface area contributed by atoms with Crippen molar-refractivity contribution in [2.24, 2.45) is 5.73 Å². The highest BCUT2D eigenvalue weighted by Crippen LogP contribution is 2.17. The van der Waals surface area contributed by atoms with Crippen LogP contribution in [0.15, 0.2) is 24.3 Å². The van der Waals surface area contributed by atoms with Gasteiger partial charge in [-0.2, -0.15) is 0 Å². The Morgan fingerprint density at radius 1 is 1.42 bits per heavy atom. The number of ether oxygens (including phenoxy) is 2. The van der Waals surface area contributed by atoms with Gasteiger partial charge in [-0.15, -0.1) is 0 Å². The second-order valence-electron chi connectivity index (χ2n) is 3.96. The van der Waals surface area contributed by atoms with Crippen LogP contribution in [0.4, 0.5) is 0 Å². The predicted molar refractivity (Wildman–Crippen MR) is 77.3 cm³/mol. The Labute approximate surface area is 118 Å². The lowest BCUT2D eigenvalue weighted by Crippen LogP contribution is -2.34. The first-order chi connectivity index (χ1) is 9.06. The maximum absolute atomic E-state index is 11.8. The molecule has 0 fully saturated rings. The molecule has 0 heterocycles. The molecule has 2 N–H and O–H groups in total. The van der Waals surface area contributed by atoms with Crippen LogP contribution in [0.5, 0.6) is 5.75 Å². The topological polar surface area (TPSA) is 64.8 Å². The summed E-state index contributed by atoms with van der Waals surface area (Å²) in [6, 6.07) is 7.11. The second-order valence-corrected chi connectivity index (χ2v) is 4.40. The average molecular weight is 282 g/mol. The van der Waals surface area contributed by atoms with E-state index in [1.807, 2.05) is 6.07 Å². The van der Waals surface area contributed by atoms with Crippen molar-refractivity contribution < 1.29 is 14.3 Å². The van der Waals surface area contributed by atoms with Gasteiger partial charge in [0.2, 0.25) is 0 Å². The molecule has 0 unspecified atom stereocenters. The summed E-state index contributed by atoms with van der Waals surface area (Å²) < 4.78 is 10.4. The summed E-state index contributed by atoms with van der Waals surface area (Å²) >= 11 is 4.92. The van der Waals surface area contributed by atoms with Crippen LogP contribution in [-0.2, 0) is 9.53 Å². The summed E-state index contributed by atoms with van der Waals surface area (Å²) in [4.78, 5) is 13.6. The zero-order valence-corrected chi connectivity index (χ0v) is 11.9. The van der Waals surface area contributed by atoms with E-state index in [1.54, 1.807) is 37.3 Å². The molecule has 1 amide bonds. The Bertz CT molecular complexity index is 451. The average Bonchev–Trinajstić information content (AvgIpc) is 2.42. The number of para-hydroxylation sites is 1. The Morgan fingerprint density at radius 2 is 2.11 bits per heavy atom. The largest absolute Gasteiger partial charge is 0.483 e. The fourth-order valence-electron chi connectivity index (χ4n) is 1.40. The normalized spacial score (nSPS) is 10.0. The summed E-state index contributed by atoms with van der Waals surface area (Å²) in [5, 5.41) is 0. The summed E-state index contributed by atoms with van der Waals surface area (Å²) in [6.45, 7) is 0.960. The van der Waals surface area contributed by atoms with E-state index in [-0.39, 0.29) is 17.5 Å². The highest BCUT2D eigenvalue weighted by molar-refractivity contribution is 7.80. The zero-order valence-electron chi connectivity index (χ0n) is 11.1. The van der Waals surface area contributed by atoms with Gasteiger partial charge in [0, 0.05) is 20.7 Å². The number of rotatable bonds is 7. The van der Waals surface area contributed by atoms with Crippen molar-refractivity contribution in [2.75, 3.05) is 33.9 Å². The number of methoxy groups -OCH3 is 1. The standard InChI is InChI=1S/C13H18N2O3S/c1-15(7-8-17-2)12(16)9-18-11-6-4-3-5-10(11)13(14)19/h3-6H,7-9H2,1-2H3,(H2,14,19). The molecule has 6 heteroatoms. The quantitative estimate of drug-likeness (QED) is 0.750. The van der Waals surface area contributed by atoms with E-state index in [2.05, 4.69) is 0 Å². The molecule has 104 valence electrons. The molecule has 1 aromatic rings. The summed E-state index contributed by atoms with van der Waals surface area (Å²) in [5.41, 5.74) is 6.22. The first-order valence-electron chi connectivity index (χ1n) is 5.80. The van der Waals surface area contributed by atoms with E-state index < -0.39 is 0 Å². The Morgan fingerprint density at radius 3 is 2.74 bits per heavy atom. The van der Waals surface area contributed by atoms with E-state index in [0.717, 1.165) is 0 Å². The number of benzene rings is 1. The zero-order chi connectivity index (χ0) is 14.3. The second kappa shape index (κ2) is 7.70. The van der Waals surface area contributed by atoms with Gasteiger partial charge in [-0.05, 0) is 12.1 Å². The van der Waals surface area contributed by atoms with Crippen LogP contribution in [-0.4, -0.2) is 49.7 Å². The number of nitrogens with zero attached hydrogens (tertiary/aromatic N) is 1. The van der Waals surface area contributed by atoms with Crippen LogP contribution in [0, 0.1) is 0 Å². The molecule has 5 nitrogen and oxygen atoms in total. The van der Waals surface area contributed by atoms with E-state index in [9.17, 15) is 4.79 Å². The number of hydrogen-bond donors (Lipinski definition) is 1. The van der Waals surface area contributed by atoms with Crippen LogP contribution >= 0.6 is 12.2 Å². The molecule has 1 aromatic carbocycles. The molecular weight excluding hydrogens is 264 g/mol. The number of carbonyl (C=O) groups is 1. The van der Waals surface area contributed by atoms with Crippen molar-refractivity contribution in [1.29, 1.82) is 0 Å². The molecule has 0 aliphatic carbocycles. The number of nitrogens with two attached hydrogens (primary N) is 1. The van der Waals surface area contributed by atoms with Crippen LogP contribution in [0.3, 0.4) is 0 Å². The summed E-state index contributed by atoms with van der Waals surface area (Å²) in [7, 11) is 3.29. The number of carbonyl (C=O) groups excluding carboxylic acids is 1. The lowest BCUT2D eigenvalue weighted by Gasteiger charge is -2.17. The maximum atomic E-state index is 11.8. The molecule has 0 aliphatic heterocycles. The minimum Gasteiger partial charge on any atom is -0.483 e. The molecule has 0 aliphatic rings. The lowest BCUT2D eigenvalue weighted by atomic mass is 10.2. The third-order valence-corrected chi connectivity index (χ3v) is 2.78. The SMILES string of the molecule is COCCN(C)C(=O)COc1ccccc1C(N)=S. The molecule has 0 bridgehead atoms. The number of hydrogen-bond acceptors (Lipinski definition) is 4. The Balaban J connectivity index is 2.57. The van der Waals surface area contributed by atoms with Crippen LogP contribution < -0.4 is 10.5 Å². The van der Waals surface area contributed by atoms with Gasteiger partial charge in [0.25, 0.3) is 5.91 Å². The van der Waals surface area contributed by atoms with Gasteiger partial charge < -0.3 is 20.1 Å². The molecule has 19 heavy (non-hydrogen) atoms. The van der Waals surface area contributed by atoms with E-state index in [0.29, 0.717) is 24.5 Å². The fraction of sp³-hybridized carbons (Fsp3) is 0.385. The summed E-state index contributed by atoms with van der Waals surface area (Å²) in [5.74, 6) is 0.387. The first kappa shape index (κ1) is 15.4. The van der Waals surface area contributed by atoms with Crippen molar-refractivity contribution in [1.82, 2.24) is 4.90 Å². The van der Waals surface area contributed by atoms with Gasteiger partial charge >= 0.3 is 0 Å². The Hall–Kier alpha value is -1.66. The number of likely N-dealkylation sites (N-methyl/N-ethyl adjacent to an activating group) is 1. The van der Waals surface area contributed by atoms with Gasteiger partial charge in [-0.3, -0.25) is 4.79 Å². The molecular formula is C13H18N2O3S. The van der Waals surface area contributed by atoms with Gasteiger partial charge in [-0.25, -0.2) is 0 Å². The third-order valence-electron chi connectivity index (χ3n) is 2.56. The molecule has 0 spiro atoms. The van der Waals surface area contributed by atoms with Crippen LogP contribution in [0.2, 0.25) is 0 Å². The van der Waals surface area contributed by atoms with Crippen LogP contribution in [0.1, 0.15) is 5.56 Å². The maximum Gasteiger partial charge on any atom is 0.260 e. The summed E-state index contributed by atoms with van der Waals surface area (Å²) in [6.07, 6.45) is 0. The van der Waals surface area contributed by atoms with E-state index in [1.165, 1.54) is 0 Å². The molecule has 0 saturated carbocycles. The minimum absolute atomic E-state index is 0.0557. The highest BCUT2D eigenvalue weighted by atomic mass is 32.1. The van der Waals surface area contributed by atoms with Crippen molar-refractivity contribution in [3.8, 4) is 5.75 Å². The smallest absolute Gasteiger partial charge is 0.260 e. The van der Waals surface area contributed by atoms with Gasteiger partial charge in [0.05, 0.1) is 12.2 Å². The van der Waals surface area contributed by atoms with Gasteiger partial charge in [0.15, 0.2) is 6.61 Å². The van der Waals surface area contributed by atoms with Crippen molar-refractivity contribution in [2.45, 2.75) is 0 Å².